The molecule has 0 atom stereocenters. The van der Waals surface area contributed by atoms with Crippen LogP contribution in [0.2, 0.25) is 0 Å². The number of unbranched alkanes of at least 4 members (excludes halogenated alkanes) is 3. The van der Waals surface area contributed by atoms with Gasteiger partial charge >= 0.3 is 5.97 Å². The van der Waals surface area contributed by atoms with Crippen LogP contribution in [0, 0.1) is 0 Å². The van der Waals surface area contributed by atoms with E-state index >= 15 is 0 Å². The first kappa shape index (κ1) is 17.3. The smallest absolute Gasteiger partial charge is 0.303 e. The normalized spacial score (nSPS) is 11.6. The predicted octanol–water partition coefficient (Wildman–Crippen LogP) is 0.977. The minimum absolute atomic E-state index is 0.0832. The zero-order valence-electron chi connectivity index (χ0n) is 10.9. The van der Waals surface area contributed by atoms with Crippen molar-refractivity contribution in [1.82, 2.24) is 4.72 Å². The maximum absolute atomic E-state index is 11.4. The van der Waals surface area contributed by atoms with Crippen LogP contribution in [0.25, 0.3) is 0 Å². The van der Waals surface area contributed by atoms with Crippen molar-refractivity contribution in [1.29, 1.82) is 0 Å². The zero-order chi connectivity index (χ0) is 13.9. The average Bonchev–Trinajstić information content (AvgIpc) is 2.27. The number of carboxylic acid groups (broad SMARTS) is 1. The Hall–Kier alpha value is -0.660. The highest BCUT2D eigenvalue weighted by atomic mass is 32.2. The van der Waals surface area contributed by atoms with Gasteiger partial charge in [-0.25, -0.2) is 13.1 Å². The van der Waals surface area contributed by atoms with Gasteiger partial charge in [0.05, 0.1) is 5.75 Å². The summed E-state index contributed by atoms with van der Waals surface area (Å²) in [6.45, 7) is 0.860. The molecule has 0 heterocycles. The molecule has 0 aromatic heterocycles. The molecule has 0 unspecified atom stereocenters. The fourth-order valence-electron chi connectivity index (χ4n) is 1.45. The number of carbonyl (C=O) groups is 1. The summed E-state index contributed by atoms with van der Waals surface area (Å²) in [5.41, 5.74) is 0. The third-order valence-corrected chi connectivity index (χ3v) is 3.87. The molecule has 0 amide bonds. The first-order valence-corrected chi connectivity index (χ1v) is 7.81. The van der Waals surface area contributed by atoms with Crippen LogP contribution in [0.3, 0.4) is 0 Å². The van der Waals surface area contributed by atoms with E-state index in [0.29, 0.717) is 26.0 Å². The van der Waals surface area contributed by atoms with Gasteiger partial charge in [0, 0.05) is 26.7 Å². The number of nitrogens with one attached hydrogen (secondary N) is 1. The number of aliphatic carboxylic acids is 1. The highest BCUT2D eigenvalue weighted by Gasteiger charge is 2.08. The monoisotopic (exact) mass is 281 g/mol. The fourth-order valence-corrected chi connectivity index (χ4v) is 2.55. The molecule has 0 aliphatic heterocycles. The van der Waals surface area contributed by atoms with Crippen LogP contribution in [0.1, 0.15) is 38.5 Å². The van der Waals surface area contributed by atoms with E-state index in [1.807, 2.05) is 0 Å². The Bertz CT molecular complexity index is 315. The van der Waals surface area contributed by atoms with E-state index in [9.17, 15) is 13.2 Å². The second kappa shape index (κ2) is 10.3. The number of carboxylic acids is 1. The summed E-state index contributed by atoms with van der Waals surface area (Å²) in [6.07, 6.45) is 3.72. The largest absolute Gasteiger partial charge is 0.481 e. The first-order chi connectivity index (χ1) is 8.48. The van der Waals surface area contributed by atoms with E-state index in [0.717, 1.165) is 19.3 Å². The Morgan fingerprint density at radius 1 is 1.17 bits per heavy atom. The van der Waals surface area contributed by atoms with Crippen molar-refractivity contribution in [3.05, 3.63) is 0 Å². The lowest BCUT2D eigenvalue weighted by molar-refractivity contribution is -0.137. The number of rotatable bonds is 12. The van der Waals surface area contributed by atoms with Crippen molar-refractivity contribution in [3.8, 4) is 0 Å². The molecule has 0 aromatic carbocycles. The number of hydrogen-bond donors (Lipinski definition) is 2. The maximum atomic E-state index is 11.4. The summed E-state index contributed by atoms with van der Waals surface area (Å²) < 4.78 is 30.2. The summed E-state index contributed by atoms with van der Waals surface area (Å²) in [7, 11) is -1.65. The second-order valence-electron chi connectivity index (χ2n) is 4.12. The first-order valence-electron chi connectivity index (χ1n) is 6.16. The van der Waals surface area contributed by atoms with Gasteiger partial charge in [-0.3, -0.25) is 4.79 Å². The van der Waals surface area contributed by atoms with Gasteiger partial charge in [-0.15, -0.1) is 0 Å². The number of ether oxygens (including phenoxy) is 1. The summed E-state index contributed by atoms with van der Waals surface area (Å²) in [6, 6.07) is 0. The van der Waals surface area contributed by atoms with Crippen LogP contribution < -0.4 is 4.72 Å². The minimum atomic E-state index is -3.18. The summed E-state index contributed by atoms with van der Waals surface area (Å²) in [5, 5.41) is 8.42. The molecule has 7 heteroatoms. The number of methoxy groups -OCH3 is 1. The molecule has 0 saturated carbocycles. The molecule has 0 aliphatic rings. The third kappa shape index (κ3) is 11.8. The van der Waals surface area contributed by atoms with E-state index in [1.165, 1.54) is 7.11 Å². The second-order valence-corrected chi connectivity index (χ2v) is 6.04. The Morgan fingerprint density at radius 2 is 1.83 bits per heavy atom. The van der Waals surface area contributed by atoms with Crippen molar-refractivity contribution in [3.63, 3.8) is 0 Å². The summed E-state index contributed by atoms with van der Waals surface area (Å²) >= 11 is 0. The van der Waals surface area contributed by atoms with Crippen molar-refractivity contribution in [2.24, 2.45) is 0 Å². The molecule has 6 nitrogen and oxygen atoms in total. The Labute approximate surface area is 109 Å². The highest BCUT2D eigenvalue weighted by molar-refractivity contribution is 7.89. The van der Waals surface area contributed by atoms with E-state index in [1.54, 1.807) is 0 Å². The van der Waals surface area contributed by atoms with Crippen LogP contribution in [-0.4, -0.2) is 45.5 Å². The molecule has 0 saturated heterocycles. The topological polar surface area (TPSA) is 92.7 Å². The zero-order valence-corrected chi connectivity index (χ0v) is 11.7. The van der Waals surface area contributed by atoms with Gasteiger partial charge in [-0.1, -0.05) is 12.8 Å². The molecule has 0 aliphatic carbocycles. The van der Waals surface area contributed by atoms with E-state index in [2.05, 4.69) is 4.72 Å². The summed E-state index contributed by atoms with van der Waals surface area (Å²) in [5.74, 6) is -0.700. The lowest BCUT2D eigenvalue weighted by Crippen LogP contribution is -2.27. The molecule has 0 rings (SSSR count). The Balaban J connectivity index is 3.44. The van der Waals surface area contributed by atoms with Crippen LogP contribution in [0.4, 0.5) is 0 Å². The van der Waals surface area contributed by atoms with Gasteiger partial charge in [0.2, 0.25) is 10.0 Å². The molecule has 2 N–H and O–H groups in total. The molecule has 0 bridgehead atoms. The van der Waals surface area contributed by atoms with E-state index in [4.69, 9.17) is 9.84 Å². The van der Waals surface area contributed by atoms with E-state index < -0.39 is 16.0 Å². The van der Waals surface area contributed by atoms with Crippen molar-refractivity contribution < 1.29 is 23.1 Å². The van der Waals surface area contributed by atoms with Crippen LogP contribution in [-0.2, 0) is 19.6 Å². The number of hydrogen-bond acceptors (Lipinski definition) is 4. The standard InChI is InChI=1S/C11H23NO5S/c1-17-9-6-10-18(15,16)12-8-5-3-2-4-7-11(13)14/h12H,2-10H2,1H3,(H,13,14). The molecular formula is C11H23NO5S. The maximum Gasteiger partial charge on any atom is 0.303 e. The van der Waals surface area contributed by atoms with Gasteiger partial charge in [-0.2, -0.15) is 0 Å². The summed E-state index contributed by atoms with van der Waals surface area (Å²) in [4.78, 5) is 10.2. The molecule has 18 heavy (non-hydrogen) atoms. The SMILES string of the molecule is COCCCS(=O)(=O)NCCCCCCC(=O)O. The Morgan fingerprint density at radius 3 is 2.44 bits per heavy atom. The van der Waals surface area contributed by atoms with Crippen molar-refractivity contribution in [2.75, 3.05) is 26.0 Å². The average molecular weight is 281 g/mol. The molecule has 0 aromatic rings. The third-order valence-electron chi connectivity index (χ3n) is 2.40. The van der Waals surface area contributed by atoms with Crippen LogP contribution in [0.15, 0.2) is 0 Å². The highest BCUT2D eigenvalue weighted by Crippen LogP contribution is 2.02. The minimum Gasteiger partial charge on any atom is -0.481 e. The lowest BCUT2D eigenvalue weighted by atomic mass is 10.1. The Kier molecular flexibility index (Phi) is 9.90. The number of sulfonamides is 1. The molecular weight excluding hydrogens is 258 g/mol. The van der Waals surface area contributed by atoms with Crippen molar-refractivity contribution in [2.45, 2.75) is 38.5 Å². The van der Waals surface area contributed by atoms with Gasteiger partial charge in [0.1, 0.15) is 0 Å². The molecule has 108 valence electrons. The molecule has 0 fully saturated rings. The predicted molar refractivity (Wildman–Crippen MR) is 69.0 cm³/mol. The molecule has 0 spiro atoms. The van der Waals surface area contributed by atoms with E-state index in [-0.39, 0.29) is 12.2 Å². The van der Waals surface area contributed by atoms with Gasteiger partial charge in [0.25, 0.3) is 0 Å². The van der Waals surface area contributed by atoms with Crippen molar-refractivity contribution >= 4 is 16.0 Å². The fraction of sp³-hybridized carbons (Fsp3) is 0.909. The van der Waals surface area contributed by atoms with Gasteiger partial charge in [-0.05, 0) is 19.3 Å². The van der Waals surface area contributed by atoms with Crippen LogP contribution in [0.5, 0.6) is 0 Å². The lowest BCUT2D eigenvalue weighted by Gasteiger charge is -2.06. The van der Waals surface area contributed by atoms with Crippen LogP contribution >= 0.6 is 0 Å². The molecule has 0 radical (unpaired) electrons. The quantitative estimate of drug-likeness (QED) is 0.520. The van der Waals surface area contributed by atoms with Gasteiger partial charge < -0.3 is 9.84 Å². The van der Waals surface area contributed by atoms with Gasteiger partial charge in [0.15, 0.2) is 0 Å².